The first-order valence-electron chi connectivity index (χ1n) is 7.57. The number of hydrogen-bond donors (Lipinski definition) is 2. The van der Waals surface area contributed by atoms with Crippen molar-refractivity contribution in [3.63, 3.8) is 0 Å². The molecule has 5 nitrogen and oxygen atoms in total. The lowest BCUT2D eigenvalue weighted by atomic mass is 10.2. The Labute approximate surface area is 146 Å². The third-order valence-electron chi connectivity index (χ3n) is 3.49. The molecule has 0 aliphatic carbocycles. The SMILES string of the molecule is Cc1cc(C)c(Oc2nccc(NCc3ccccc3S)n2)cn1. The normalized spacial score (nSPS) is 10.5. The van der Waals surface area contributed by atoms with Gasteiger partial charge in [-0.05, 0) is 43.2 Å². The second kappa shape index (κ2) is 7.31. The minimum absolute atomic E-state index is 0.285. The van der Waals surface area contributed by atoms with Gasteiger partial charge in [0.1, 0.15) is 5.82 Å². The van der Waals surface area contributed by atoms with Crippen molar-refractivity contribution in [1.82, 2.24) is 15.0 Å². The molecule has 0 saturated heterocycles. The van der Waals surface area contributed by atoms with Gasteiger partial charge in [0, 0.05) is 23.3 Å². The van der Waals surface area contributed by atoms with Crippen LogP contribution < -0.4 is 10.1 Å². The fraction of sp³-hybridized carbons (Fsp3) is 0.167. The number of rotatable bonds is 5. The van der Waals surface area contributed by atoms with E-state index >= 15 is 0 Å². The van der Waals surface area contributed by atoms with E-state index in [4.69, 9.17) is 4.74 Å². The van der Waals surface area contributed by atoms with Crippen molar-refractivity contribution in [2.45, 2.75) is 25.3 Å². The molecule has 3 rings (SSSR count). The maximum absolute atomic E-state index is 5.74. The van der Waals surface area contributed by atoms with Gasteiger partial charge in [-0.25, -0.2) is 4.98 Å². The molecule has 3 aromatic rings. The first-order valence-corrected chi connectivity index (χ1v) is 8.01. The van der Waals surface area contributed by atoms with Crippen molar-refractivity contribution in [2.24, 2.45) is 0 Å². The first kappa shape index (κ1) is 16.3. The summed E-state index contributed by atoms with van der Waals surface area (Å²) in [7, 11) is 0. The van der Waals surface area contributed by atoms with Crippen molar-refractivity contribution >= 4 is 18.4 Å². The van der Waals surface area contributed by atoms with Crippen LogP contribution in [0.25, 0.3) is 0 Å². The molecule has 122 valence electrons. The van der Waals surface area contributed by atoms with Gasteiger partial charge in [-0.3, -0.25) is 4.98 Å². The van der Waals surface area contributed by atoms with Crippen molar-refractivity contribution in [1.29, 1.82) is 0 Å². The van der Waals surface area contributed by atoms with E-state index in [9.17, 15) is 0 Å². The van der Waals surface area contributed by atoms with Gasteiger partial charge < -0.3 is 10.1 Å². The number of pyridine rings is 1. The average molecular weight is 338 g/mol. The largest absolute Gasteiger partial charge is 0.422 e. The zero-order valence-electron chi connectivity index (χ0n) is 13.5. The molecular formula is C18H18N4OS. The molecule has 0 aliphatic heterocycles. The smallest absolute Gasteiger partial charge is 0.323 e. The van der Waals surface area contributed by atoms with E-state index in [0.29, 0.717) is 18.1 Å². The Kier molecular flexibility index (Phi) is 4.96. The molecule has 0 atom stereocenters. The Bertz CT molecular complexity index is 854. The maximum Gasteiger partial charge on any atom is 0.323 e. The van der Waals surface area contributed by atoms with Crippen molar-refractivity contribution in [3.05, 3.63) is 65.6 Å². The monoisotopic (exact) mass is 338 g/mol. The Hall–Kier alpha value is -2.60. The van der Waals surface area contributed by atoms with E-state index in [1.165, 1.54) is 0 Å². The van der Waals surface area contributed by atoms with Gasteiger partial charge in [0.25, 0.3) is 0 Å². The summed E-state index contributed by atoms with van der Waals surface area (Å²) >= 11 is 4.45. The van der Waals surface area contributed by atoms with Crippen molar-refractivity contribution in [2.75, 3.05) is 5.32 Å². The average Bonchev–Trinajstić information content (AvgIpc) is 2.57. The van der Waals surface area contributed by atoms with E-state index < -0.39 is 0 Å². The summed E-state index contributed by atoms with van der Waals surface area (Å²) in [6, 6.07) is 12.0. The molecule has 0 bridgehead atoms. The molecule has 1 aromatic carbocycles. The molecule has 0 radical (unpaired) electrons. The molecule has 2 aromatic heterocycles. The summed E-state index contributed by atoms with van der Waals surface area (Å²) < 4.78 is 5.74. The molecule has 1 N–H and O–H groups in total. The molecule has 0 spiro atoms. The molecule has 24 heavy (non-hydrogen) atoms. The standard InChI is InChI=1S/C18H18N4OS/c1-12-9-13(2)20-11-15(12)23-18-19-8-7-17(22-18)21-10-14-5-3-4-6-16(14)24/h3-9,11,24H,10H2,1-2H3,(H,19,21,22). The Morgan fingerprint density at radius 1 is 1.12 bits per heavy atom. The quantitative estimate of drug-likeness (QED) is 0.683. The predicted octanol–water partition coefficient (Wildman–Crippen LogP) is 4.18. The van der Waals surface area contributed by atoms with Gasteiger partial charge >= 0.3 is 6.01 Å². The number of hydrogen-bond acceptors (Lipinski definition) is 6. The number of nitrogens with zero attached hydrogens (tertiary/aromatic N) is 3. The van der Waals surface area contributed by atoms with Crippen LogP contribution in [0.3, 0.4) is 0 Å². The fourth-order valence-electron chi connectivity index (χ4n) is 2.22. The summed E-state index contributed by atoms with van der Waals surface area (Å²) in [5, 5.41) is 3.26. The number of nitrogens with one attached hydrogen (secondary N) is 1. The van der Waals surface area contributed by atoms with Crippen LogP contribution in [0.2, 0.25) is 0 Å². The van der Waals surface area contributed by atoms with E-state index in [0.717, 1.165) is 21.7 Å². The molecule has 0 aliphatic rings. The Morgan fingerprint density at radius 2 is 1.96 bits per heavy atom. The van der Waals surface area contributed by atoms with Crippen LogP contribution in [0.5, 0.6) is 11.8 Å². The van der Waals surface area contributed by atoms with Gasteiger partial charge in [-0.1, -0.05) is 18.2 Å². The third-order valence-corrected chi connectivity index (χ3v) is 3.92. The van der Waals surface area contributed by atoms with Gasteiger partial charge in [0.15, 0.2) is 5.75 Å². The molecule has 6 heteroatoms. The minimum atomic E-state index is 0.285. The van der Waals surface area contributed by atoms with Crippen LogP contribution in [-0.2, 0) is 6.54 Å². The fourth-order valence-corrected chi connectivity index (χ4v) is 2.46. The van der Waals surface area contributed by atoms with Crippen LogP contribution in [-0.4, -0.2) is 15.0 Å². The lowest BCUT2D eigenvalue weighted by molar-refractivity contribution is 0.437. The molecular weight excluding hydrogens is 320 g/mol. The highest BCUT2D eigenvalue weighted by atomic mass is 32.1. The summed E-state index contributed by atoms with van der Waals surface area (Å²) in [6.45, 7) is 4.54. The number of thiol groups is 1. The topological polar surface area (TPSA) is 59.9 Å². The minimum Gasteiger partial charge on any atom is -0.422 e. The van der Waals surface area contributed by atoms with Crippen LogP contribution in [0, 0.1) is 13.8 Å². The van der Waals surface area contributed by atoms with Crippen LogP contribution in [0.15, 0.2) is 53.7 Å². The zero-order chi connectivity index (χ0) is 16.9. The lowest BCUT2D eigenvalue weighted by Crippen LogP contribution is -2.03. The van der Waals surface area contributed by atoms with Gasteiger partial charge in [0.2, 0.25) is 0 Å². The number of benzene rings is 1. The van der Waals surface area contributed by atoms with Gasteiger partial charge in [-0.15, -0.1) is 12.6 Å². The Balaban J connectivity index is 1.71. The Morgan fingerprint density at radius 3 is 2.75 bits per heavy atom. The number of anilines is 1. The van der Waals surface area contributed by atoms with Crippen molar-refractivity contribution < 1.29 is 4.74 Å². The summed E-state index contributed by atoms with van der Waals surface area (Å²) in [6.07, 6.45) is 3.35. The predicted molar refractivity (Wildman–Crippen MR) is 96.8 cm³/mol. The summed E-state index contributed by atoms with van der Waals surface area (Å²) in [5.74, 6) is 1.34. The maximum atomic E-state index is 5.74. The highest BCUT2D eigenvalue weighted by Gasteiger charge is 2.06. The van der Waals surface area contributed by atoms with Crippen LogP contribution in [0.4, 0.5) is 5.82 Å². The second-order valence-corrected chi connectivity index (χ2v) is 5.88. The van der Waals surface area contributed by atoms with E-state index in [1.807, 2.05) is 44.2 Å². The van der Waals surface area contributed by atoms with E-state index in [2.05, 4.69) is 32.9 Å². The lowest BCUT2D eigenvalue weighted by Gasteiger charge is -2.10. The number of aryl methyl sites for hydroxylation is 2. The molecule has 2 heterocycles. The molecule has 0 fully saturated rings. The molecule has 0 saturated carbocycles. The van der Waals surface area contributed by atoms with Crippen LogP contribution in [0.1, 0.15) is 16.8 Å². The second-order valence-electron chi connectivity index (χ2n) is 5.40. The molecule has 0 amide bonds. The number of aromatic nitrogens is 3. The molecule has 0 unspecified atom stereocenters. The highest BCUT2D eigenvalue weighted by molar-refractivity contribution is 7.80. The van der Waals surface area contributed by atoms with Gasteiger partial charge in [0.05, 0.1) is 6.20 Å². The first-order chi connectivity index (χ1) is 11.6. The third kappa shape index (κ3) is 4.02. The highest BCUT2D eigenvalue weighted by Crippen LogP contribution is 2.22. The van der Waals surface area contributed by atoms with E-state index in [1.54, 1.807) is 18.5 Å². The number of ether oxygens (including phenoxy) is 1. The van der Waals surface area contributed by atoms with Gasteiger partial charge in [-0.2, -0.15) is 4.98 Å². The van der Waals surface area contributed by atoms with Crippen LogP contribution >= 0.6 is 12.6 Å². The summed E-state index contributed by atoms with van der Waals surface area (Å²) in [4.78, 5) is 13.7. The van der Waals surface area contributed by atoms with E-state index in [-0.39, 0.29) is 6.01 Å². The zero-order valence-corrected chi connectivity index (χ0v) is 14.4. The summed E-state index contributed by atoms with van der Waals surface area (Å²) in [5.41, 5.74) is 3.04. The van der Waals surface area contributed by atoms with Crippen molar-refractivity contribution in [3.8, 4) is 11.8 Å².